The second kappa shape index (κ2) is 6.08. The highest BCUT2D eigenvalue weighted by Gasteiger charge is 2.16. The molecule has 19 heavy (non-hydrogen) atoms. The minimum absolute atomic E-state index is 0.528. The van der Waals surface area contributed by atoms with Gasteiger partial charge in [-0.3, -0.25) is 4.68 Å². The monoisotopic (exact) mass is 280 g/mol. The molecule has 0 aliphatic heterocycles. The highest BCUT2D eigenvalue weighted by molar-refractivity contribution is 6.32. The van der Waals surface area contributed by atoms with Gasteiger partial charge in [-0.1, -0.05) is 24.6 Å². The van der Waals surface area contributed by atoms with Crippen LogP contribution in [0.25, 0.3) is 0 Å². The van der Waals surface area contributed by atoms with Gasteiger partial charge in [0.25, 0.3) is 0 Å². The molecule has 0 aliphatic rings. The van der Waals surface area contributed by atoms with Gasteiger partial charge in [0.05, 0.1) is 17.8 Å². The van der Waals surface area contributed by atoms with Crippen molar-refractivity contribution in [3.05, 3.63) is 46.7 Å². The van der Waals surface area contributed by atoms with E-state index < -0.39 is 6.10 Å². The molecule has 1 aromatic carbocycles. The molecular weight excluding hydrogens is 264 g/mol. The maximum atomic E-state index is 10.4. The summed E-state index contributed by atoms with van der Waals surface area (Å²) in [5.41, 5.74) is 1.50. The second-order valence-corrected chi connectivity index (χ2v) is 4.68. The quantitative estimate of drug-likeness (QED) is 0.916. The van der Waals surface area contributed by atoms with Gasteiger partial charge in [-0.15, -0.1) is 0 Å². The van der Waals surface area contributed by atoms with Gasteiger partial charge >= 0.3 is 0 Å². The number of aryl methyl sites for hydroxylation is 1. The Kier molecular flexibility index (Phi) is 4.45. The zero-order valence-electron chi connectivity index (χ0n) is 11.0. The first kappa shape index (κ1) is 13.9. The average molecular weight is 281 g/mol. The van der Waals surface area contributed by atoms with Crippen molar-refractivity contribution in [2.75, 3.05) is 7.11 Å². The van der Waals surface area contributed by atoms with Crippen molar-refractivity contribution in [2.45, 2.75) is 26.0 Å². The predicted octanol–water partition coefficient (Wildman–Crippen LogP) is 3.04. The molecule has 5 heteroatoms. The Morgan fingerprint density at radius 3 is 2.89 bits per heavy atom. The molecule has 2 rings (SSSR count). The number of aliphatic hydroxyl groups is 1. The Bertz CT molecular complexity index is 554. The summed E-state index contributed by atoms with van der Waals surface area (Å²) < 4.78 is 6.98. The van der Waals surface area contributed by atoms with Gasteiger partial charge in [0.2, 0.25) is 0 Å². The third-order valence-electron chi connectivity index (χ3n) is 2.96. The van der Waals surface area contributed by atoms with Gasteiger partial charge in [0.1, 0.15) is 11.9 Å². The van der Waals surface area contributed by atoms with Crippen LogP contribution in [-0.2, 0) is 6.54 Å². The van der Waals surface area contributed by atoms with Crippen LogP contribution in [-0.4, -0.2) is 22.0 Å². The number of benzene rings is 1. The Labute approximate surface area is 117 Å². The molecule has 0 saturated carbocycles. The SMILES string of the molecule is CCCn1nccc1C(O)c1ccc(Cl)c(OC)c1. The highest BCUT2D eigenvalue weighted by Crippen LogP contribution is 2.30. The molecule has 1 N–H and O–H groups in total. The molecule has 0 amide bonds. The van der Waals surface area contributed by atoms with Crippen molar-refractivity contribution in [2.24, 2.45) is 0 Å². The Morgan fingerprint density at radius 1 is 1.42 bits per heavy atom. The number of ether oxygens (including phenoxy) is 1. The first-order chi connectivity index (χ1) is 9.17. The van der Waals surface area contributed by atoms with E-state index in [1.165, 1.54) is 0 Å². The topological polar surface area (TPSA) is 47.3 Å². The predicted molar refractivity (Wildman–Crippen MR) is 74.6 cm³/mol. The average Bonchev–Trinajstić information content (AvgIpc) is 2.87. The Morgan fingerprint density at radius 2 is 2.21 bits per heavy atom. The second-order valence-electron chi connectivity index (χ2n) is 4.28. The number of halogens is 1. The normalized spacial score (nSPS) is 12.4. The summed E-state index contributed by atoms with van der Waals surface area (Å²) >= 11 is 5.98. The van der Waals surface area contributed by atoms with Crippen LogP contribution >= 0.6 is 11.6 Å². The number of aliphatic hydroxyl groups excluding tert-OH is 1. The van der Waals surface area contributed by atoms with E-state index >= 15 is 0 Å². The molecule has 1 atom stereocenters. The molecule has 1 aromatic heterocycles. The van der Waals surface area contributed by atoms with Crippen LogP contribution in [0.2, 0.25) is 5.02 Å². The minimum atomic E-state index is -0.736. The third kappa shape index (κ3) is 2.91. The molecule has 4 nitrogen and oxygen atoms in total. The number of rotatable bonds is 5. The molecule has 0 saturated heterocycles. The minimum Gasteiger partial charge on any atom is -0.495 e. The van der Waals surface area contributed by atoms with E-state index in [1.54, 1.807) is 31.5 Å². The largest absolute Gasteiger partial charge is 0.495 e. The van der Waals surface area contributed by atoms with Crippen LogP contribution in [0, 0.1) is 0 Å². The lowest BCUT2D eigenvalue weighted by Crippen LogP contribution is -2.10. The molecule has 1 unspecified atom stereocenters. The fourth-order valence-electron chi connectivity index (χ4n) is 1.99. The Hall–Kier alpha value is -1.52. The van der Waals surface area contributed by atoms with E-state index in [0.717, 1.165) is 24.2 Å². The maximum absolute atomic E-state index is 10.4. The fraction of sp³-hybridized carbons (Fsp3) is 0.357. The molecule has 0 spiro atoms. The number of methoxy groups -OCH3 is 1. The van der Waals surface area contributed by atoms with Crippen LogP contribution in [0.4, 0.5) is 0 Å². The van der Waals surface area contributed by atoms with Crippen molar-refractivity contribution in [3.63, 3.8) is 0 Å². The maximum Gasteiger partial charge on any atom is 0.137 e. The van der Waals surface area contributed by atoms with Gasteiger partial charge in [-0.25, -0.2) is 0 Å². The summed E-state index contributed by atoms with van der Waals surface area (Å²) in [5.74, 6) is 0.555. The molecule has 1 heterocycles. The molecular formula is C14H17ClN2O2. The first-order valence-electron chi connectivity index (χ1n) is 6.20. The van der Waals surface area contributed by atoms with E-state index in [-0.39, 0.29) is 0 Å². The van der Waals surface area contributed by atoms with Crippen LogP contribution in [0.3, 0.4) is 0 Å². The third-order valence-corrected chi connectivity index (χ3v) is 3.27. The number of hydrogen-bond donors (Lipinski definition) is 1. The van der Waals surface area contributed by atoms with Crippen molar-refractivity contribution in [1.29, 1.82) is 0 Å². The fourth-order valence-corrected chi connectivity index (χ4v) is 2.19. The van der Waals surface area contributed by atoms with Crippen molar-refractivity contribution < 1.29 is 9.84 Å². The molecule has 0 bridgehead atoms. The van der Waals surface area contributed by atoms with Crippen molar-refractivity contribution >= 4 is 11.6 Å². The summed E-state index contributed by atoms with van der Waals surface area (Å²) in [5, 5.41) is 15.2. The van der Waals surface area contributed by atoms with Crippen LogP contribution in [0.1, 0.15) is 30.7 Å². The van der Waals surface area contributed by atoms with Crippen LogP contribution in [0.15, 0.2) is 30.5 Å². The zero-order chi connectivity index (χ0) is 13.8. The molecule has 2 aromatic rings. The summed E-state index contributed by atoms with van der Waals surface area (Å²) in [6.45, 7) is 2.85. The van der Waals surface area contributed by atoms with Crippen LogP contribution in [0.5, 0.6) is 5.75 Å². The standard InChI is InChI=1S/C14H17ClN2O2/c1-3-8-17-12(6-7-16-17)14(18)10-4-5-11(15)13(9-10)19-2/h4-7,9,14,18H,3,8H2,1-2H3. The Balaban J connectivity index is 2.32. The van der Waals surface area contributed by atoms with E-state index in [1.807, 2.05) is 10.7 Å². The summed E-state index contributed by atoms with van der Waals surface area (Å²) in [6, 6.07) is 7.08. The first-order valence-corrected chi connectivity index (χ1v) is 6.58. The molecule has 102 valence electrons. The lowest BCUT2D eigenvalue weighted by molar-refractivity contribution is 0.207. The molecule has 0 aliphatic carbocycles. The van der Waals surface area contributed by atoms with Crippen LogP contribution < -0.4 is 4.74 Å². The smallest absolute Gasteiger partial charge is 0.137 e. The molecule has 0 radical (unpaired) electrons. The van der Waals surface area contributed by atoms with Crippen molar-refractivity contribution in [1.82, 2.24) is 9.78 Å². The highest BCUT2D eigenvalue weighted by atomic mass is 35.5. The number of hydrogen-bond acceptors (Lipinski definition) is 3. The van der Waals surface area contributed by atoms with Gasteiger partial charge in [0, 0.05) is 12.7 Å². The van der Waals surface area contributed by atoms with Gasteiger partial charge < -0.3 is 9.84 Å². The van der Waals surface area contributed by atoms with E-state index in [4.69, 9.17) is 16.3 Å². The number of nitrogens with zero attached hydrogens (tertiary/aromatic N) is 2. The molecule has 0 fully saturated rings. The summed E-state index contributed by atoms with van der Waals surface area (Å²) in [6.07, 6.45) is 1.92. The van der Waals surface area contributed by atoms with Crippen molar-refractivity contribution in [3.8, 4) is 5.75 Å². The summed E-state index contributed by atoms with van der Waals surface area (Å²) in [4.78, 5) is 0. The van der Waals surface area contributed by atoms with E-state index in [2.05, 4.69) is 12.0 Å². The number of aromatic nitrogens is 2. The summed E-state index contributed by atoms with van der Waals surface area (Å²) in [7, 11) is 1.55. The lowest BCUT2D eigenvalue weighted by atomic mass is 10.1. The van der Waals surface area contributed by atoms with E-state index in [9.17, 15) is 5.11 Å². The van der Waals surface area contributed by atoms with Gasteiger partial charge in [0.15, 0.2) is 0 Å². The zero-order valence-corrected chi connectivity index (χ0v) is 11.8. The van der Waals surface area contributed by atoms with Gasteiger partial charge in [-0.05, 0) is 30.2 Å². The lowest BCUT2D eigenvalue weighted by Gasteiger charge is -2.14. The van der Waals surface area contributed by atoms with Gasteiger partial charge in [-0.2, -0.15) is 5.10 Å². The van der Waals surface area contributed by atoms with E-state index in [0.29, 0.717) is 10.8 Å².